The molecule has 0 atom stereocenters. The van der Waals surface area contributed by atoms with Gasteiger partial charge in [0.15, 0.2) is 0 Å². The lowest BCUT2D eigenvalue weighted by Gasteiger charge is -2.01. The monoisotopic (exact) mass is 208 g/mol. The van der Waals surface area contributed by atoms with Crippen LogP contribution in [0.15, 0.2) is 54.7 Å². The standard InChI is InChI=1S/C14H12N2/c1-2-4-11(5-3-1)8-12-6-7-13-10-15-16-14(13)9-12/h1-7,9-10H,8H2,(H,15,16). The fourth-order valence-corrected chi connectivity index (χ4v) is 1.93. The Morgan fingerprint density at radius 2 is 1.81 bits per heavy atom. The average Bonchev–Trinajstić information content (AvgIpc) is 2.77. The second-order valence-corrected chi connectivity index (χ2v) is 3.95. The lowest BCUT2D eigenvalue weighted by molar-refractivity contribution is 1.11. The highest BCUT2D eigenvalue weighted by Gasteiger charge is 1.99. The van der Waals surface area contributed by atoms with Crippen molar-refractivity contribution in [1.82, 2.24) is 10.2 Å². The van der Waals surface area contributed by atoms with Crippen LogP contribution in [0.5, 0.6) is 0 Å². The van der Waals surface area contributed by atoms with E-state index in [1.807, 2.05) is 12.3 Å². The molecule has 1 heterocycles. The summed E-state index contributed by atoms with van der Waals surface area (Å²) in [5, 5.41) is 8.18. The smallest absolute Gasteiger partial charge is 0.0653 e. The minimum absolute atomic E-state index is 0.968. The van der Waals surface area contributed by atoms with Crippen LogP contribution in [0.1, 0.15) is 11.1 Å². The summed E-state index contributed by atoms with van der Waals surface area (Å²) >= 11 is 0. The fraction of sp³-hybridized carbons (Fsp3) is 0.0714. The lowest BCUT2D eigenvalue weighted by Crippen LogP contribution is -1.87. The first kappa shape index (κ1) is 9.16. The van der Waals surface area contributed by atoms with Gasteiger partial charge in [-0.05, 0) is 23.6 Å². The number of hydrogen-bond donors (Lipinski definition) is 1. The van der Waals surface area contributed by atoms with Crippen LogP contribution in [-0.2, 0) is 6.42 Å². The highest BCUT2D eigenvalue weighted by atomic mass is 15.1. The van der Waals surface area contributed by atoms with E-state index in [1.165, 1.54) is 11.1 Å². The zero-order valence-corrected chi connectivity index (χ0v) is 8.85. The van der Waals surface area contributed by atoms with E-state index in [4.69, 9.17) is 0 Å². The van der Waals surface area contributed by atoms with E-state index in [-0.39, 0.29) is 0 Å². The largest absolute Gasteiger partial charge is 0.278 e. The van der Waals surface area contributed by atoms with E-state index < -0.39 is 0 Å². The quantitative estimate of drug-likeness (QED) is 0.688. The molecule has 3 aromatic rings. The van der Waals surface area contributed by atoms with Crippen LogP contribution < -0.4 is 0 Å². The van der Waals surface area contributed by atoms with Crippen molar-refractivity contribution in [2.75, 3.05) is 0 Å². The molecule has 0 spiro atoms. The van der Waals surface area contributed by atoms with Crippen LogP contribution in [-0.4, -0.2) is 10.2 Å². The normalized spacial score (nSPS) is 10.8. The molecule has 0 unspecified atom stereocenters. The van der Waals surface area contributed by atoms with Gasteiger partial charge in [-0.15, -0.1) is 0 Å². The van der Waals surface area contributed by atoms with Crippen molar-refractivity contribution in [3.63, 3.8) is 0 Å². The van der Waals surface area contributed by atoms with Gasteiger partial charge in [-0.3, -0.25) is 5.10 Å². The van der Waals surface area contributed by atoms with Gasteiger partial charge in [-0.1, -0.05) is 42.5 Å². The second kappa shape index (κ2) is 3.81. The van der Waals surface area contributed by atoms with Gasteiger partial charge in [0.05, 0.1) is 11.7 Å². The maximum absolute atomic E-state index is 4.02. The third-order valence-corrected chi connectivity index (χ3v) is 2.76. The Kier molecular flexibility index (Phi) is 2.18. The third-order valence-electron chi connectivity index (χ3n) is 2.76. The summed E-state index contributed by atoms with van der Waals surface area (Å²) in [6.45, 7) is 0. The van der Waals surface area contributed by atoms with Gasteiger partial charge in [0.25, 0.3) is 0 Å². The molecule has 78 valence electrons. The topological polar surface area (TPSA) is 28.7 Å². The number of nitrogens with zero attached hydrogens (tertiary/aromatic N) is 1. The van der Waals surface area contributed by atoms with Gasteiger partial charge < -0.3 is 0 Å². The molecule has 0 fully saturated rings. The number of fused-ring (bicyclic) bond motifs is 1. The molecule has 0 saturated carbocycles. The van der Waals surface area contributed by atoms with Crippen molar-refractivity contribution in [1.29, 1.82) is 0 Å². The van der Waals surface area contributed by atoms with E-state index in [9.17, 15) is 0 Å². The number of H-pyrrole nitrogens is 1. The summed E-state index contributed by atoms with van der Waals surface area (Å²) in [7, 11) is 0. The summed E-state index contributed by atoms with van der Waals surface area (Å²) in [4.78, 5) is 0. The van der Waals surface area contributed by atoms with Crippen molar-refractivity contribution in [2.45, 2.75) is 6.42 Å². The highest BCUT2D eigenvalue weighted by molar-refractivity contribution is 5.78. The van der Waals surface area contributed by atoms with E-state index in [2.05, 4.69) is 52.7 Å². The van der Waals surface area contributed by atoms with Gasteiger partial charge in [-0.25, -0.2) is 0 Å². The number of benzene rings is 2. The molecule has 16 heavy (non-hydrogen) atoms. The zero-order valence-electron chi connectivity index (χ0n) is 8.85. The minimum Gasteiger partial charge on any atom is -0.278 e. The Balaban J connectivity index is 1.94. The van der Waals surface area contributed by atoms with Gasteiger partial charge in [0.2, 0.25) is 0 Å². The van der Waals surface area contributed by atoms with E-state index in [1.54, 1.807) is 0 Å². The molecule has 1 aromatic heterocycles. The minimum atomic E-state index is 0.968. The number of aromatic amines is 1. The van der Waals surface area contributed by atoms with Crippen LogP contribution in [0.2, 0.25) is 0 Å². The van der Waals surface area contributed by atoms with Crippen LogP contribution in [0, 0.1) is 0 Å². The number of aromatic nitrogens is 2. The first-order valence-corrected chi connectivity index (χ1v) is 5.38. The summed E-state index contributed by atoms with van der Waals surface area (Å²) in [6.07, 6.45) is 2.82. The first-order chi connectivity index (χ1) is 7.92. The van der Waals surface area contributed by atoms with Crippen LogP contribution in [0.4, 0.5) is 0 Å². The molecule has 2 nitrogen and oxygen atoms in total. The van der Waals surface area contributed by atoms with Crippen molar-refractivity contribution in [2.24, 2.45) is 0 Å². The lowest BCUT2D eigenvalue weighted by atomic mass is 10.0. The predicted molar refractivity (Wildman–Crippen MR) is 65.3 cm³/mol. The first-order valence-electron chi connectivity index (χ1n) is 5.38. The zero-order chi connectivity index (χ0) is 10.8. The molecule has 0 aliphatic heterocycles. The van der Waals surface area contributed by atoms with Crippen molar-refractivity contribution in [3.05, 3.63) is 65.9 Å². The summed E-state index contributed by atoms with van der Waals surface area (Å²) in [5.74, 6) is 0. The Morgan fingerprint density at radius 1 is 0.938 bits per heavy atom. The maximum Gasteiger partial charge on any atom is 0.0653 e. The molecule has 0 saturated heterocycles. The molecule has 3 rings (SSSR count). The predicted octanol–water partition coefficient (Wildman–Crippen LogP) is 3.15. The van der Waals surface area contributed by atoms with Crippen molar-refractivity contribution >= 4 is 10.9 Å². The van der Waals surface area contributed by atoms with Crippen LogP contribution in [0.25, 0.3) is 10.9 Å². The summed E-state index contributed by atoms with van der Waals surface area (Å²) in [6, 6.07) is 16.9. The van der Waals surface area contributed by atoms with Crippen LogP contribution >= 0.6 is 0 Å². The molecule has 0 amide bonds. The Labute approximate surface area is 93.9 Å². The summed E-state index contributed by atoms with van der Waals surface area (Å²) in [5.41, 5.74) is 3.75. The van der Waals surface area contributed by atoms with Gasteiger partial charge in [0.1, 0.15) is 0 Å². The van der Waals surface area contributed by atoms with Gasteiger partial charge >= 0.3 is 0 Å². The van der Waals surface area contributed by atoms with Crippen LogP contribution in [0.3, 0.4) is 0 Å². The molecule has 2 heteroatoms. The molecule has 1 N–H and O–H groups in total. The second-order valence-electron chi connectivity index (χ2n) is 3.95. The van der Waals surface area contributed by atoms with Gasteiger partial charge in [0, 0.05) is 5.39 Å². The SMILES string of the molecule is c1ccc(Cc2ccc3cn[nH]c3c2)cc1. The van der Waals surface area contributed by atoms with E-state index >= 15 is 0 Å². The molecule has 0 bridgehead atoms. The maximum atomic E-state index is 4.02. The molecular weight excluding hydrogens is 196 g/mol. The highest BCUT2D eigenvalue weighted by Crippen LogP contribution is 2.15. The number of hydrogen-bond acceptors (Lipinski definition) is 1. The molecular formula is C14H12N2. The number of nitrogens with one attached hydrogen (secondary N) is 1. The average molecular weight is 208 g/mol. The Bertz CT molecular complexity index is 596. The molecule has 2 aromatic carbocycles. The summed E-state index contributed by atoms with van der Waals surface area (Å²) < 4.78 is 0. The Morgan fingerprint density at radius 3 is 2.69 bits per heavy atom. The molecule has 0 aliphatic rings. The van der Waals surface area contributed by atoms with Gasteiger partial charge in [-0.2, -0.15) is 5.10 Å². The third kappa shape index (κ3) is 1.70. The number of rotatable bonds is 2. The van der Waals surface area contributed by atoms with Crippen molar-refractivity contribution in [3.8, 4) is 0 Å². The molecule has 0 aliphatic carbocycles. The van der Waals surface area contributed by atoms with E-state index in [0.717, 1.165) is 17.3 Å². The Hall–Kier alpha value is -2.09. The van der Waals surface area contributed by atoms with E-state index in [0.29, 0.717) is 0 Å². The fourth-order valence-electron chi connectivity index (χ4n) is 1.93. The molecule has 0 radical (unpaired) electrons. The van der Waals surface area contributed by atoms with Crippen molar-refractivity contribution < 1.29 is 0 Å².